The topological polar surface area (TPSA) is 9.72 Å². The van der Waals surface area contributed by atoms with Crippen LogP contribution < -0.4 is 31.1 Å². The van der Waals surface area contributed by atoms with Gasteiger partial charge < -0.3 is 14.7 Å². The molecule has 4 aliphatic heterocycles. The van der Waals surface area contributed by atoms with Gasteiger partial charge in [0.25, 0.3) is 6.71 Å². The van der Waals surface area contributed by atoms with Crippen LogP contribution in [-0.2, 0) is 27.1 Å². The molecule has 0 N–H and O–H groups in total. The number of hydrogen-bond acceptors (Lipinski definition) is 3. The fraction of sp³-hybridized carbons (Fsp3) is 0.260. The Morgan fingerprint density at radius 1 is 0.372 bits per heavy atom. The molecule has 0 saturated carbocycles. The maximum absolute atomic E-state index is 2.71. The van der Waals surface area contributed by atoms with E-state index in [9.17, 15) is 0 Å². The standard InChI is InChI=1S/C73H72BN3S/c1-69(2,3)45-29-35-49(36-30-45)75(50-37-31-46(32-38-50)70(4,5)6)51-43-62-66-63(44-51)77-61-26-17-18-27-64(61)78(13,14)65-28-20-24-59(68(65)77)74(66)58-23-19-22-57-67(58)76(62)60-25-16-15-21-56(60)73(57)54-39-33-47(71(7,8)9)41-52(54)53-42-48(72(10,11)12)34-40-55(53)73/h15-44H,1-14H3. The summed E-state index contributed by atoms with van der Waals surface area (Å²) >= 11 is 0. The van der Waals surface area contributed by atoms with Gasteiger partial charge in [-0.25, -0.2) is 0 Å². The monoisotopic (exact) mass is 1030 g/mol. The van der Waals surface area contributed by atoms with Crippen LogP contribution in [0.15, 0.2) is 192 Å². The van der Waals surface area contributed by atoms with Crippen molar-refractivity contribution in [1.29, 1.82) is 0 Å². The molecule has 0 bridgehead atoms. The van der Waals surface area contributed by atoms with Gasteiger partial charge in [0.2, 0.25) is 0 Å². The third kappa shape index (κ3) is 6.73. The number of hydrogen-bond donors (Lipinski definition) is 0. The van der Waals surface area contributed by atoms with E-state index in [0.29, 0.717) is 0 Å². The zero-order chi connectivity index (χ0) is 54.4. The number of anilines is 9. The SMILES string of the molecule is CC(C)(C)c1ccc(N(c2ccc(C(C)(C)C)cc2)c2cc3c4c(c2)N2c5ccccc5S(C)(C)c5cccc(c52)B4c2cccc4c2N3c2ccccc2C42c3ccc(C(C)(C)C)cc3-c3cc(C(C)(C)C)ccc32)cc1. The summed E-state index contributed by atoms with van der Waals surface area (Å²) in [5, 5.41) is 0. The minimum Gasteiger partial charge on any atom is -0.311 e. The van der Waals surface area contributed by atoms with Crippen LogP contribution in [0.5, 0.6) is 0 Å². The molecule has 0 radical (unpaired) electrons. The van der Waals surface area contributed by atoms with E-state index in [0.717, 1.165) is 17.1 Å². The van der Waals surface area contributed by atoms with Gasteiger partial charge in [-0.05, 0) is 167 Å². The fourth-order valence-corrected chi connectivity index (χ4v) is 16.7. The van der Waals surface area contributed by atoms with E-state index in [1.165, 1.54) is 116 Å². The molecule has 0 atom stereocenters. The Balaban J connectivity index is 1.11. The lowest BCUT2D eigenvalue weighted by Crippen LogP contribution is -2.63. The molecule has 388 valence electrons. The summed E-state index contributed by atoms with van der Waals surface area (Å²) in [6, 6.07) is 72.1. The Labute approximate surface area is 466 Å². The molecule has 0 saturated heterocycles. The molecule has 9 aromatic rings. The second-order valence-electron chi connectivity index (χ2n) is 27.5. The molecule has 3 nitrogen and oxygen atoms in total. The first-order chi connectivity index (χ1) is 37.0. The quantitative estimate of drug-likeness (QED) is 0.163. The van der Waals surface area contributed by atoms with Gasteiger partial charge in [-0.2, -0.15) is 10.0 Å². The zero-order valence-corrected chi connectivity index (χ0v) is 49.0. The van der Waals surface area contributed by atoms with Gasteiger partial charge in [-0.1, -0.05) is 204 Å². The van der Waals surface area contributed by atoms with E-state index in [1.54, 1.807) is 0 Å². The van der Waals surface area contributed by atoms with Gasteiger partial charge in [0.1, 0.15) is 0 Å². The summed E-state index contributed by atoms with van der Waals surface area (Å²) in [4.78, 5) is 10.8. The average molecular weight is 1030 g/mol. The van der Waals surface area contributed by atoms with Crippen molar-refractivity contribution in [3.05, 3.63) is 226 Å². The van der Waals surface area contributed by atoms with Gasteiger partial charge in [0, 0.05) is 38.2 Å². The summed E-state index contributed by atoms with van der Waals surface area (Å²) in [6.07, 6.45) is 5.03. The van der Waals surface area contributed by atoms with Crippen molar-refractivity contribution < 1.29 is 0 Å². The third-order valence-corrected chi connectivity index (χ3v) is 21.2. The van der Waals surface area contributed by atoms with Crippen LogP contribution >= 0.6 is 10.0 Å². The van der Waals surface area contributed by atoms with Crippen molar-refractivity contribution in [1.82, 2.24) is 0 Å². The van der Waals surface area contributed by atoms with Gasteiger partial charge in [0.05, 0.1) is 28.2 Å². The maximum Gasteiger partial charge on any atom is 0.252 e. The number of fused-ring (bicyclic) bond motifs is 15. The minimum atomic E-state index is -1.41. The fourth-order valence-electron chi connectivity index (χ4n) is 14.2. The summed E-state index contributed by atoms with van der Waals surface area (Å²) in [5.41, 5.74) is 28.0. The van der Waals surface area contributed by atoms with Crippen molar-refractivity contribution in [2.45, 2.75) is 120 Å². The van der Waals surface area contributed by atoms with Crippen LogP contribution in [0.25, 0.3) is 11.1 Å². The van der Waals surface area contributed by atoms with E-state index < -0.39 is 15.4 Å². The lowest BCUT2D eigenvalue weighted by atomic mass is 9.33. The smallest absolute Gasteiger partial charge is 0.252 e. The van der Waals surface area contributed by atoms with Gasteiger partial charge in [-0.15, -0.1) is 0 Å². The first-order valence-corrected chi connectivity index (χ1v) is 30.7. The first-order valence-electron chi connectivity index (χ1n) is 28.3. The molecule has 0 aromatic heterocycles. The summed E-state index contributed by atoms with van der Waals surface area (Å²) in [6.45, 7) is 27.9. The Morgan fingerprint density at radius 2 is 0.808 bits per heavy atom. The molecular formula is C73H72BN3S. The predicted octanol–water partition coefficient (Wildman–Crippen LogP) is 17.9. The van der Waals surface area contributed by atoms with E-state index in [-0.39, 0.29) is 28.4 Å². The van der Waals surface area contributed by atoms with Crippen LogP contribution in [0.3, 0.4) is 0 Å². The molecule has 0 amide bonds. The normalized spacial score (nSPS) is 16.1. The van der Waals surface area contributed by atoms with E-state index in [1.807, 2.05) is 0 Å². The Bertz CT molecular complexity index is 3880. The predicted molar refractivity (Wildman–Crippen MR) is 337 cm³/mol. The van der Waals surface area contributed by atoms with Crippen LogP contribution in [0.2, 0.25) is 0 Å². The van der Waals surface area contributed by atoms with Gasteiger partial charge >= 0.3 is 0 Å². The van der Waals surface area contributed by atoms with E-state index in [2.05, 4.69) is 292 Å². The van der Waals surface area contributed by atoms with Gasteiger partial charge in [0.15, 0.2) is 0 Å². The average Bonchev–Trinajstić information content (AvgIpc) is 3.45. The molecular weight excluding hydrogens is 962 g/mol. The molecule has 9 aromatic carbocycles. The highest BCUT2D eigenvalue weighted by Gasteiger charge is 2.56. The van der Waals surface area contributed by atoms with Gasteiger partial charge in [-0.3, -0.25) is 0 Å². The van der Waals surface area contributed by atoms with Crippen LogP contribution in [0.1, 0.15) is 128 Å². The second kappa shape index (κ2) is 16.2. The summed E-state index contributed by atoms with van der Waals surface area (Å²) in [7, 11) is -1.41. The number of benzene rings is 9. The Kier molecular flexibility index (Phi) is 10.2. The highest BCUT2D eigenvalue weighted by Crippen LogP contribution is 2.69. The highest BCUT2D eigenvalue weighted by molar-refractivity contribution is 8.33. The van der Waals surface area contributed by atoms with Crippen molar-refractivity contribution in [3.8, 4) is 11.1 Å². The third-order valence-electron chi connectivity index (χ3n) is 18.3. The van der Waals surface area contributed by atoms with Crippen molar-refractivity contribution in [2.75, 3.05) is 27.2 Å². The maximum atomic E-state index is 2.71. The molecule has 0 unspecified atom stereocenters. The molecule has 5 heteroatoms. The highest BCUT2D eigenvalue weighted by atomic mass is 32.3. The molecule has 1 spiro atoms. The number of para-hydroxylation sites is 4. The van der Waals surface area contributed by atoms with Crippen molar-refractivity contribution in [2.24, 2.45) is 0 Å². The largest absolute Gasteiger partial charge is 0.311 e. The van der Waals surface area contributed by atoms with E-state index >= 15 is 0 Å². The Morgan fingerprint density at radius 3 is 1.35 bits per heavy atom. The summed E-state index contributed by atoms with van der Waals surface area (Å²) < 4.78 is 0. The molecule has 4 heterocycles. The lowest BCUT2D eigenvalue weighted by molar-refractivity contribution is 0.589. The first kappa shape index (κ1) is 49.1. The molecule has 5 aliphatic rings. The second-order valence-corrected chi connectivity index (χ2v) is 31.0. The molecule has 14 rings (SSSR count). The molecule has 78 heavy (non-hydrogen) atoms. The van der Waals surface area contributed by atoms with Crippen LogP contribution in [-0.4, -0.2) is 19.2 Å². The van der Waals surface area contributed by atoms with Crippen LogP contribution in [0.4, 0.5) is 51.2 Å². The Hall–Kier alpha value is -7.21. The zero-order valence-electron chi connectivity index (χ0n) is 48.1. The summed E-state index contributed by atoms with van der Waals surface area (Å²) in [5.74, 6) is 0. The van der Waals surface area contributed by atoms with Crippen LogP contribution in [0, 0.1) is 0 Å². The molecule has 1 aliphatic carbocycles. The molecule has 0 fully saturated rings. The van der Waals surface area contributed by atoms with Crippen molar-refractivity contribution >= 4 is 84.3 Å². The van der Waals surface area contributed by atoms with Crippen molar-refractivity contribution in [3.63, 3.8) is 0 Å². The number of rotatable bonds is 3. The minimum absolute atomic E-state index is 0.0133. The lowest BCUT2D eigenvalue weighted by Gasteiger charge is -2.53. The van der Waals surface area contributed by atoms with E-state index in [4.69, 9.17) is 0 Å². The number of nitrogens with zero attached hydrogens (tertiary/aromatic N) is 3.